The SMILES string of the molecule is Cc1cc(C)c2nc(NC(=O)c3ccc4c(c3)CCC(=O)N4C)sc2c1. The first kappa shape index (κ1) is 16.7. The van der Waals surface area contributed by atoms with Crippen molar-refractivity contribution in [2.45, 2.75) is 26.7 Å². The summed E-state index contributed by atoms with van der Waals surface area (Å²) in [6.07, 6.45) is 1.14. The Morgan fingerprint density at radius 1 is 1.19 bits per heavy atom. The summed E-state index contributed by atoms with van der Waals surface area (Å²) in [6.45, 7) is 4.08. The van der Waals surface area contributed by atoms with Gasteiger partial charge in [-0.05, 0) is 61.2 Å². The molecule has 0 aliphatic carbocycles. The summed E-state index contributed by atoms with van der Waals surface area (Å²) < 4.78 is 1.07. The molecule has 26 heavy (non-hydrogen) atoms. The molecule has 0 spiro atoms. The Labute approximate surface area is 155 Å². The molecule has 1 aliphatic rings. The second-order valence-corrected chi connectivity index (χ2v) is 7.73. The van der Waals surface area contributed by atoms with Crippen molar-refractivity contribution >= 4 is 44.2 Å². The van der Waals surface area contributed by atoms with Crippen LogP contribution in [0.15, 0.2) is 30.3 Å². The Hall–Kier alpha value is -2.73. The van der Waals surface area contributed by atoms with Crippen molar-refractivity contribution in [3.05, 3.63) is 52.6 Å². The predicted octanol–water partition coefficient (Wildman–Crippen LogP) is 4.07. The van der Waals surface area contributed by atoms with Gasteiger partial charge in [0, 0.05) is 24.7 Å². The summed E-state index contributed by atoms with van der Waals surface area (Å²) in [7, 11) is 1.77. The summed E-state index contributed by atoms with van der Waals surface area (Å²) in [6, 6.07) is 9.64. The van der Waals surface area contributed by atoms with E-state index >= 15 is 0 Å². The number of aryl methyl sites for hydroxylation is 3. The van der Waals surface area contributed by atoms with Gasteiger partial charge in [0.1, 0.15) is 0 Å². The van der Waals surface area contributed by atoms with Crippen molar-refractivity contribution in [3.8, 4) is 0 Å². The Bertz CT molecular complexity index is 1050. The molecule has 6 heteroatoms. The van der Waals surface area contributed by atoms with E-state index in [9.17, 15) is 9.59 Å². The van der Waals surface area contributed by atoms with Crippen LogP contribution in [0, 0.1) is 13.8 Å². The number of nitrogens with zero attached hydrogens (tertiary/aromatic N) is 2. The molecule has 132 valence electrons. The Morgan fingerprint density at radius 3 is 2.81 bits per heavy atom. The van der Waals surface area contributed by atoms with Crippen LogP contribution in [0.1, 0.15) is 33.5 Å². The van der Waals surface area contributed by atoms with E-state index in [1.165, 1.54) is 16.9 Å². The number of nitrogens with one attached hydrogen (secondary N) is 1. The van der Waals surface area contributed by atoms with Gasteiger partial charge in [-0.15, -0.1) is 0 Å². The number of carbonyl (C=O) groups is 2. The van der Waals surface area contributed by atoms with Crippen molar-refractivity contribution in [1.29, 1.82) is 0 Å². The third kappa shape index (κ3) is 2.86. The molecular weight excluding hydrogens is 346 g/mol. The average molecular weight is 365 g/mol. The molecule has 2 heterocycles. The molecule has 0 unspecified atom stereocenters. The topological polar surface area (TPSA) is 62.3 Å². The van der Waals surface area contributed by atoms with Gasteiger partial charge in [-0.1, -0.05) is 17.4 Å². The summed E-state index contributed by atoms with van der Waals surface area (Å²) in [4.78, 5) is 30.7. The van der Waals surface area contributed by atoms with E-state index in [2.05, 4.69) is 29.4 Å². The number of aromatic nitrogens is 1. The van der Waals surface area contributed by atoms with Crippen LogP contribution < -0.4 is 10.2 Å². The molecule has 2 aromatic carbocycles. The number of anilines is 2. The molecule has 0 fully saturated rings. The molecular formula is C20H19N3O2S. The van der Waals surface area contributed by atoms with E-state index in [1.807, 2.05) is 19.1 Å². The van der Waals surface area contributed by atoms with Crippen LogP contribution >= 0.6 is 11.3 Å². The lowest BCUT2D eigenvalue weighted by atomic mass is 9.99. The van der Waals surface area contributed by atoms with Crippen molar-refractivity contribution < 1.29 is 9.59 Å². The Balaban J connectivity index is 1.61. The largest absolute Gasteiger partial charge is 0.315 e. The van der Waals surface area contributed by atoms with Gasteiger partial charge in [0.05, 0.1) is 10.2 Å². The predicted molar refractivity (Wildman–Crippen MR) is 105 cm³/mol. The molecule has 1 N–H and O–H groups in total. The zero-order chi connectivity index (χ0) is 18.4. The van der Waals surface area contributed by atoms with Crippen LogP contribution in [-0.4, -0.2) is 23.8 Å². The number of hydrogen-bond donors (Lipinski definition) is 1. The highest BCUT2D eigenvalue weighted by Crippen LogP contribution is 2.31. The summed E-state index contributed by atoms with van der Waals surface area (Å²) >= 11 is 1.48. The fourth-order valence-electron chi connectivity index (χ4n) is 3.39. The lowest BCUT2D eigenvalue weighted by Gasteiger charge is -2.25. The molecule has 0 saturated carbocycles. The van der Waals surface area contributed by atoms with Gasteiger partial charge < -0.3 is 4.90 Å². The van der Waals surface area contributed by atoms with Gasteiger partial charge in [0.2, 0.25) is 5.91 Å². The molecule has 1 aromatic heterocycles. The molecule has 2 amide bonds. The smallest absolute Gasteiger partial charge is 0.257 e. The minimum absolute atomic E-state index is 0.106. The third-order valence-corrected chi connectivity index (χ3v) is 5.65. The molecule has 5 nitrogen and oxygen atoms in total. The van der Waals surface area contributed by atoms with Gasteiger partial charge in [-0.2, -0.15) is 0 Å². The van der Waals surface area contributed by atoms with Crippen LogP contribution in [-0.2, 0) is 11.2 Å². The van der Waals surface area contributed by atoms with Crippen LogP contribution in [0.2, 0.25) is 0 Å². The van der Waals surface area contributed by atoms with Crippen LogP contribution in [0.5, 0.6) is 0 Å². The molecule has 0 bridgehead atoms. The van der Waals surface area contributed by atoms with Gasteiger partial charge in [0.25, 0.3) is 5.91 Å². The first-order valence-corrected chi connectivity index (χ1v) is 9.32. The molecule has 4 rings (SSSR count). The maximum absolute atomic E-state index is 12.6. The van der Waals surface area contributed by atoms with E-state index in [1.54, 1.807) is 18.0 Å². The van der Waals surface area contributed by atoms with Gasteiger partial charge >= 0.3 is 0 Å². The van der Waals surface area contributed by atoms with E-state index in [4.69, 9.17) is 0 Å². The van der Waals surface area contributed by atoms with E-state index in [0.717, 1.165) is 27.0 Å². The normalized spacial score (nSPS) is 13.8. The van der Waals surface area contributed by atoms with E-state index in [0.29, 0.717) is 23.5 Å². The molecule has 0 atom stereocenters. The summed E-state index contributed by atoms with van der Waals surface area (Å²) in [5.41, 5.74) is 5.71. The van der Waals surface area contributed by atoms with E-state index < -0.39 is 0 Å². The number of fused-ring (bicyclic) bond motifs is 2. The number of benzene rings is 2. The van der Waals surface area contributed by atoms with Crippen molar-refractivity contribution in [1.82, 2.24) is 4.98 Å². The number of thiazole rings is 1. The Kier molecular flexibility index (Phi) is 4.00. The van der Waals surface area contributed by atoms with Crippen LogP contribution in [0.25, 0.3) is 10.2 Å². The highest BCUT2D eigenvalue weighted by Gasteiger charge is 2.22. The zero-order valence-corrected chi connectivity index (χ0v) is 15.7. The summed E-state index contributed by atoms with van der Waals surface area (Å²) in [5.74, 6) is -0.0735. The second-order valence-electron chi connectivity index (χ2n) is 6.70. The first-order valence-electron chi connectivity index (χ1n) is 8.51. The number of amides is 2. The highest BCUT2D eigenvalue weighted by atomic mass is 32.1. The number of carbonyl (C=O) groups excluding carboxylic acids is 2. The average Bonchev–Trinajstić information content (AvgIpc) is 3.00. The first-order chi connectivity index (χ1) is 12.4. The van der Waals surface area contributed by atoms with E-state index in [-0.39, 0.29) is 11.8 Å². The third-order valence-electron chi connectivity index (χ3n) is 4.74. The minimum atomic E-state index is -0.180. The molecule has 0 radical (unpaired) electrons. The molecule has 0 saturated heterocycles. The lowest BCUT2D eigenvalue weighted by molar-refractivity contribution is -0.118. The molecule has 3 aromatic rings. The second kappa shape index (κ2) is 6.21. The van der Waals surface area contributed by atoms with Crippen LogP contribution in [0.3, 0.4) is 0 Å². The van der Waals surface area contributed by atoms with Crippen molar-refractivity contribution in [2.75, 3.05) is 17.3 Å². The maximum Gasteiger partial charge on any atom is 0.257 e. The van der Waals surface area contributed by atoms with Gasteiger partial charge in [0.15, 0.2) is 5.13 Å². The van der Waals surface area contributed by atoms with Crippen molar-refractivity contribution in [2.24, 2.45) is 0 Å². The van der Waals surface area contributed by atoms with Crippen LogP contribution in [0.4, 0.5) is 10.8 Å². The molecule has 1 aliphatic heterocycles. The number of hydrogen-bond acceptors (Lipinski definition) is 4. The van der Waals surface area contributed by atoms with Crippen molar-refractivity contribution in [3.63, 3.8) is 0 Å². The zero-order valence-electron chi connectivity index (χ0n) is 14.9. The summed E-state index contributed by atoms with van der Waals surface area (Å²) in [5, 5.41) is 3.51. The monoisotopic (exact) mass is 365 g/mol. The maximum atomic E-state index is 12.6. The fourth-order valence-corrected chi connectivity index (χ4v) is 4.43. The standard InChI is InChI=1S/C20H19N3O2S/c1-11-8-12(2)18-16(9-11)26-20(21-18)22-19(25)14-4-6-15-13(10-14)5-7-17(24)23(15)3/h4,6,8-10H,5,7H2,1-3H3,(H,21,22,25). The fraction of sp³-hybridized carbons (Fsp3) is 0.250. The number of rotatable bonds is 2. The quantitative estimate of drug-likeness (QED) is 0.744. The Morgan fingerprint density at radius 2 is 2.00 bits per heavy atom. The lowest BCUT2D eigenvalue weighted by Crippen LogP contribution is -2.31. The van der Waals surface area contributed by atoms with Gasteiger partial charge in [-0.25, -0.2) is 4.98 Å². The van der Waals surface area contributed by atoms with Gasteiger partial charge in [-0.3, -0.25) is 14.9 Å². The highest BCUT2D eigenvalue weighted by molar-refractivity contribution is 7.22. The minimum Gasteiger partial charge on any atom is -0.315 e.